The molecule has 2 atom stereocenters. The maximum absolute atomic E-state index is 12.9. The standard InChI is InChI=1S/C26H29ClN4O5S/c1-34-19-11-17(12-20(13-19)35-2)28-26(33)31-22-6-4-3-5-21(22)30-25(32)23-15-37-24(29-23)14-36-18-9-7-16(27)8-10-18/h7-13,15,21-22H,3-6,14H2,1-2H3,(H,30,32)(H2,28,31,33)/t21-,22-/m0/s1. The fourth-order valence-corrected chi connectivity index (χ4v) is 4.90. The Morgan fingerprint density at radius 3 is 2.27 bits per heavy atom. The van der Waals surface area contributed by atoms with E-state index in [1.54, 1.807) is 62.1 Å². The second-order valence-corrected chi connectivity index (χ2v) is 9.92. The van der Waals surface area contributed by atoms with E-state index in [0.29, 0.717) is 38.7 Å². The van der Waals surface area contributed by atoms with Gasteiger partial charge >= 0.3 is 6.03 Å². The number of nitrogens with zero attached hydrogens (tertiary/aromatic N) is 1. The van der Waals surface area contributed by atoms with Crippen LogP contribution in [0.1, 0.15) is 41.2 Å². The van der Waals surface area contributed by atoms with Crippen LogP contribution in [0.4, 0.5) is 10.5 Å². The van der Waals surface area contributed by atoms with Crippen molar-refractivity contribution in [3.8, 4) is 17.2 Å². The van der Waals surface area contributed by atoms with Crippen LogP contribution in [0.15, 0.2) is 47.8 Å². The summed E-state index contributed by atoms with van der Waals surface area (Å²) in [5.41, 5.74) is 0.873. The lowest BCUT2D eigenvalue weighted by Gasteiger charge is -2.32. The van der Waals surface area contributed by atoms with Gasteiger partial charge in [-0.25, -0.2) is 9.78 Å². The molecule has 0 spiro atoms. The number of hydrogen-bond donors (Lipinski definition) is 3. The summed E-state index contributed by atoms with van der Waals surface area (Å²) in [5, 5.41) is 11.9. The summed E-state index contributed by atoms with van der Waals surface area (Å²) in [7, 11) is 3.10. The fourth-order valence-electron chi connectivity index (χ4n) is 4.09. The maximum Gasteiger partial charge on any atom is 0.319 e. The first kappa shape index (κ1) is 26.6. The lowest BCUT2D eigenvalue weighted by Crippen LogP contribution is -2.54. The van der Waals surface area contributed by atoms with Gasteiger partial charge in [0.25, 0.3) is 5.91 Å². The summed E-state index contributed by atoms with van der Waals surface area (Å²) < 4.78 is 16.2. The van der Waals surface area contributed by atoms with Crippen molar-refractivity contribution in [3.63, 3.8) is 0 Å². The summed E-state index contributed by atoms with van der Waals surface area (Å²) in [5.74, 6) is 1.54. The van der Waals surface area contributed by atoms with Crippen molar-refractivity contribution in [1.29, 1.82) is 0 Å². The van der Waals surface area contributed by atoms with Gasteiger partial charge < -0.3 is 30.2 Å². The van der Waals surface area contributed by atoms with Gasteiger partial charge in [-0.2, -0.15) is 0 Å². The van der Waals surface area contributed by atoms with Gasteiger partial charge in [-0.1, -0.05) is 24.4 Å². The zero-order valence-electron chi connectivity index (χ0n) is 20.6. The summed E-state index contributed by atoms with van der Waals surface area (Å²) in [6, 6.07) is 11.4. The zero-order valence-corrected chi connectivity index (χ0v) is 22.2. The molecule has 2 aromatic carbocycles. The number of anilines is 1. The number of carbonyl (C=O) groups excluding carboxylic acids is 2. The molecule has 3 aromatic rings. The van der Waals surface area contributed by atoms with E-state index in [-0.39, 0.29) is 30.6 Å². The molecule has 1 heterocycles. The van der Waals surface area contributed by atoms with E-state index < -0.39 is 0 Å². The van der Waals surface area contributed by atoms with E-state index in [0.717, 1.165) is 25.7 Å². The summed E-state index contributed by atoms with van der Waals surface area (Å²) in [4.78, 5) is 30.1. The molecule has 4 rings (SSSR count). The molecule has 0 unspecified atom stereocenters. The van der Waals surface area contributed by atoms with Crippen LogP contribution in [-0.4, -0.2) is 43.2 Å². The summed E-state index contributed by atoms with van der Waals surface area (Å²) >= 11 is 7.26. The van der Waals surface area contributed by atoms with E-state index in [1.165, 1.54) is 11.3 Å². The highest BCUT2D eigenvalue weighted by atomic mass is 35.5. The fraction of sp³-hybridized carbons (Fsp3) is 0.346. The minimum atomic E-state index is -0.364. The van der Waals surface area contributed by atoms with Gasteiger partial charge in [0, 0.05) is 40.3 Å². The molecule has 0 saturated heterocycles. The highest BCUT2D eigenvalue weighted by Crippen LogP contribution is 2.26. The van der Waals surface area contributed by atoms with E-state index in [4.69, 9.17) is 25.8 Å². The van der Waals surface area contributed by atoms with Crippen molar-refractivity contribution in [2.24, 2.45) is 0 Å². The minimum absolute atomic E-state index is 0.206. The predicted molar refractivity (Wildman–Crippen MR) is 143 cm³/mol. The molecule has 1 aliphatic carbocycles. The molecule has 0 bridgehead atoms. The Kier molecular flexibility index (Phi) is 9.08. The predicted octanol–water partition coefficient (Wildman–Crippen LogP) is 5.26. The Morgan fingerprint density at radius 1 is 0.973 bits per heavy atom. The molecule has 37 heavy (non-hydrogen) atoms. The van der Waals surface area contributed by atoms with Crippen LogP contribution in [0, 0.1) is 0 Å². The third-order valence-electron chi connectivity index (χ3n) is 5.97. The molecule has 1 saturated carbocycles. The second-order valence-electron chi connectivity index (χ2n) is 8.54. The smallest absolute Gasteiger partial charge is 0.319 e. The van der Waals surface area contributed by atoms with E-state index in [1.807, 2.05) is 0 Å². The van der Waals surface area contributed by atoms with Crippen LogP contribution >= 0.6 is 22.9 Å². The number of hydrogen-bond acceptors (Lipinski definition) is 7. The molecule has 0 radical (unpaired) electrons. The van der Waals surface area contributed by atoms with Crippen molar-refractivity contribution < 1.29 is 23.8 Å². The number of benzene rings is 2. The average molecular weight is 545 g/mol. The highest BCUT2D eigenvalue weighted by Gasteiger charge is 2.29. The van der Waals surface area contributed by atoms with Crippen molar-refractivity contribution in [1.82, 2.24) is 15.6 Å². The molecule has 0 aliphatic heterocycles. The topological polar surface area (TPSA) is 111 Å². The van der Waals surface area contributed by atoms with Crippen molar-refractivity contribution in [2.75, 3.05) is 19.5 Å². The molecular weight excluding hydrogens is 516 g/mol. The SMILES string of the molecule is COc1cc(NC(=O)N[C@H]2CCCC[C@@H]2NC(=O)c2csc(COc3ccc(Cl)cc3)n2)cc(OC)c1. The van der Waals surface area contributed by atoms with Gasteiger partial charge in [-0.05, 0) is 37.1 Å². The largest absolute Gasteiger partial charge is 0.497 e. The van der Waals surface area contributed by atoms with Gasteiger partial charge in [0.15, 0.2) is 0 Å². The zero-order chi connectivity index (χ0) is 26.2. The quantitative estimate of drug-likeness (QED) is 0.339. The third-order valence-corrected chi connectivity index (χ3v) is 7.04. The summed E-state index contributed by atoms with van der Waals surface area (Å²) in [6.07, 6.45) is 3.46. The maximum atomic E-state index is 12.9. The number of amides is 3. The van der Waals surface area contributed by atoms with Crippen molar-refractivity contribution in [2.45, 2.75) is 44.4 Å². The number of halogens is 1. The molecule has 196 valence electrons. The Balaban J connectivity index is 1.32. The third kappa shape index (κ3) is 7.50. The first-order valence-electron chi connectivity index (χ1n) is 11.9. The molecular formula is C26H29ClN4O5S. The number of nitrogens with one attached hydrogen (secondary N) is 3. The first-order valence-corrected chi connectivity index (χ1v) is 13.1. The number of urea groups is 1. The van der Waals surface area contributed by atoms with Gasteiger partial charge in [-0.3, -0.25) is 4.79 Å². The molecule has 3 amide bonds. The Labute approximate surface area is 224 Å². The Hall–Kier alpha value is -3.50. The van der Waals surface area contributed by atoms with Gasteiger partial charge in [-0.15, -0.1) is 11.3 Å². The van der Waals surface area contributed by atoms with Crippen LogP contribution in [0.5, 0.6) is 17.2 Å². The van der Waals surface area contributed by atoms with Gasteiger partial charge in [0.05, 0.1) is 20.3 Å². The van der Waals surface area contributed by atoms with Crippen molar-refractivity contribution >= 4 is 40.6 Å². The average Bonchev–Trinajstić information content (AvgIpc) is 3.38. The van der Waals surface area contributed by atoms with Gasteiger partial charge in [0.1, 0.15) is 34.6 Å². The number of carbonyl (C=O) groups is 2. The monoisotopic (exact) mass is 544 g/mol. The first-order chi connectivity index (χ1) is 17.9. The molecule has 9 nitrogen and oxygen atoms in total. The number of rotatable bonds is 9. The number of methoxy groups -OCH3 is 2. The van der Waals surface area contributed by atoms with Crippen LogP contribution in [0.25, 0.3) is 0 Å². The van der Waals surface area contributed by atoms with E-state index in [9.17, 15) is 9.59 Å². The highest BCUT2D eigenvalue weighted by molar-refractivity contribution is 7.09. The Morgan fingerprint density at radius 2 is 1.62 bits per heavy atom. The molecule has 1 aliphatic rings. The van der Waals surface area contributed by atoms with Crippen LogP contribution < -0.4 is 30.2 Å². The molecule has 11 heteroatoms. The lowest BCUT2D eigenvalue weighted by molar-refractivity contribution is 0.0911. The van der Waals surface area contributed by atoms with E-state index >= 15 is 0 Å². The normalized spacial score (nSPS) is 16.9. The number of thiazole rings is 1. The number of ether oxygens (including phenoxy) is 3. The molecule has 1 aromatic heterocycles. The summed E-state index contributed by atoms with van der Waals surface area (Å²) in [6.45, 7) is 0.252. The molecule has 1 fully saturated rings. The molecule has 3 N–H and O–H groups in total. The van der Waals surface area contributed by atoms with Crippen LogP contribution in [0.2, 0.25) is 5.02 Å². The minimum Gasteiger partial charge on any atom is -0.497 e. The Bertz CT molecular complexity index is 1200. The van der Waals surface area contributed by atoms with Crippen molar-refractivity contribution in [3.05, 3.63) is 63.6 Å². The number of aromatic nitrogens is 1. The van der Waals surface area contributed by atoms with Gasteiger partial charge in [0.2, 0.25) is 0 Å². The van der Waals surface area contributed by atoms with Crippen LogP contribution in [0.3, 0.4) is 0 Å². The van der Waals surface area contributed by atoms with E-state index in [2.05, 4.69) is 20.9 Å². The van der Waals surface area contributed by atoms with Crippen LogP contribution in [-0.2, 0) is 6.61 Å². The second kappa shape index (κ2) is 12.6. The lowest BCUT2D eigenvalue weighted by atomic mass is 9.90.